The first-order chi connectivity index (χ1) is 9.11. The number of hydrogen-bond acceptors (Lipinski definition) is 3. The first-order valence-electron chi connectivity index (χ1n) is 8.12. The molecule has 0 amide bonds. The molecule has 5 unspecified atom stereocenters. The summed E-state index contributed by atoms with van der Waals surface area (Å²) >= 11 is 0. The zero-order valence-corrected chi connectivity index (χ0v) is 14.5. The lowest BCUT2D eigenvalue weighted by Crippen LogP contribution is -2.55. The van der Waals surface area contributed by atoms with Crippen molar-refractivity contribution in [3.8, 4) is 0 Å². The highest BCUT2D eigenvalue weighted by Gasteiger charge is 2.42. The molecule has 20 heavy (non-hydrogen) atoms. The molecule has 3 nitrogen and oxygen atoms in total. The highest BCUT2D eigenvalue weighted by atomic mass is 15.0. The van der Waals surface area contributed by atoms with Crippen molar-refractivity contribution in [1.82, 2.24) is 5.32 Å². The standard InChI is InChI=1S/C17H35N3/c1-8-14-16(20-10(2)3)15(13(6)18)12(5)11(4)9-17(14,7)19/h10-11,13-14,16,20H,8-9,18-19H2,1-7H3. The van der Waals surface area contributed by atoms with E-state index < -0.39 is 0 Å². The van der Waals surface area contributed by atoms with E-state index in [2.05, 4.69) is 53.8 Å². The van der Waals surface area contributed by atoms with Gasteiger partial charge in [-0.1, -0.05) is 33.3 Å². The third-order valence-corrected chi connectivity index (χ3v) is 4.97. The second kappa shape index (κ2) is 6.59. The summed E-state index contributed by atoms with van der Waals surface area (Å²) in [5.41, 5.74) is 15.7. The molecule has 0 fully saturated rings. The van der Waals surface area contributed by atoms with E-state index in [1.807, 2.05) is 0 Å². The second-order valence-electron chi connectivity index (χ2n) is 7.35. The Balaban J connectivity index is 3.35. The highest BCUT2D eigenvalue weighted by Crippen LogP contribution is 2.39. The summed E-state index contributed by atoms with van der Waals surface area (Å²) in [7, 11) is 0. The highest BCUT2D eigenvalue weighted by molar-refractivity contribution is 5.30. The molecule has 0 spiro atoms. The summed E-state index contributed by atoms with van der Waals surface area (Å²) in [6.07, 6.45) is 2.11. The summed E-state index contributed by atoms with van der Waals surface area (Å²) in [6.45, 7) is 15.5. The Morgan fingerprint density at radius 1 is 1.35 bits per heavy atom. The van der Waals surface area contributed by atoms with Crippen LogP contribution < -0.4 is 16.8 Å². The van der Waals surface area contributed by atoms with Gasteiger partial charge in [-0.25, -0.2) is 0 Å². The maximum absolute atomic E-state index is 6.71. The zero-order valence-electron chi connectivity index (χ0n) is 14.5. The number of nitrogens with one attached hydrogen (secondary N) is 1. The van der Waals surface area contributed by atoms with Gasteiger partial charge in [0.1, 0.15) is 0 Å². The molecule has 1 aliphatic rings. The van der Waals surface area contributed by atoms with Crippen LogP contribution in [0.4, 0.5) is 0 Å². The molecule has 0 saturated carbocycles. The van der Waals surface area contributed by atoms with Crippen LogP contribution in [0, 0.1) is 11.8 Å². The van der Waals surface area contributed by atoms with Crippen LogP contribution >= 0.6 is 0 Å². The Labute approximate surface area is 125 Å². The van der Waals surface area contributed by atoms with Crippen LogP contribution in [0.15, 0.2) is 11.1 Å². The predicted molar refractivity (Wildman–Crippen MR) is 88.6 cm³/mol. The van der Waals surface area contributed by atoms with E-state index in [-0.39, 0.29) is 11.6 Å². The van der Waals surface area contributed by atoms with Crippen LogP contribution in [0.2, 0.25) is 0 Å². The summed E-state index contributed by atoms with van der Waals surface area (Å²) < 4.78 is 0. The molecule has 0 aromatic heterocycles. The van der Waals surface area contributed by atoms with Crippen molar-refractivity contribution in [2.24, 2.45) is 23.3 Å². The first kappa shape index (κ1) is 17.7. The first-order valence-corrected chi connectivity index (χ1v) is 8.12. The smallest absolute Gasteiger partial charge is 0.0345 e. The quantitative estimate of drug-likeness (QED) is 0.694. The van der Waals surface area contributed by atoms with E-state index in [4.69, 9.17) is 11.5 Å². The van der Waals surface area contributed by atoms with Crippen LogP contribution in [-0.4, -0.2) is 23.7 Å². The lowest BCUT2D eigenvalue weighted by Gasteiger charge is -2.40. The fourth-order valence-corrected chi connectivity index (χ4v) is 4.00. The normalized spacial score (nSPS) is 37.2. The number of hydrogen-bond donors (Lipinski definition) is 3. The summed E-state index contributed by atoms with van der Waals surface area (Å²) in [5, 5.41) is 3.74. The number of allylic oxidation sites excluding steroid dienone is 1. The molecular weight excluding hydrogens is 246 g/mol. The molecular formula is C17H35N3. The van der Waals surface area contributed by atoms with Crippen molar-refractivity contribution in [2.45, 2.75) is 85.0 Å². The van der Waals surface area contributed by atoms with E-state index in [1.165, 1.54) is 11.1 Å². The molecule has 118 valence electrons. The van der Waals surface area contributed by atoms with Gasteiger partial charge in [0.2, 0.25) is 0 Å². The Kier molecular flexibility index (Phi) is 5.82. The number of nitrogens with two attached hydrogens (primary N) is 2. The largest absolute Gasteiger partial charge is 0.325 e. The zero-order chi connectivity index (χ0) is 15.7. The average molecular weight is 281 g/mol. The maximum Gasteiger partial charge on any atom is 0.0345 e. The van der Waals surface area contributed by atoms with Gasteiger partial charge in [0.05, 0.1) is 0 Å². The maximum atomic E-state index is 6.71. The molecule has 1 aliphatic carbocycles. The SMILES string of the molecule is CCC1C(NC(C)C)C(C(C)N)=C(C)C(C)CC1(C)N. The summed E-state index contributed by atoms with van der Waals surface area (Å²) in [5.74, 6) is 0.921. The minimum Gasteiger partial charge on any atom is -0.325 e. The van der Waals surface area contributed by atoms with Crippen LogP contribution in [-0.2, 0) is 0 Å². The van der Waals surface area contributed by atoms with E-state index in [0.717, 1.165) is 12.8 Å². The molecule has 3 heteroatoms. The van der Waals surface area contributed by atoms with Crippen molar-refractivity contribution >= 4 is 0 Å². The Morgan fingerprint density at radius 2 is 1.90 bits per heavy atom. The molecule has 0 bridgehead atoms. The number of rotatable bonds is 4. The minimum absolute atomic E-state index is 0.0802. The van der Waals surface area contributed by atoms with Crippen molar-refractivity contribution in [1.29, 1.82) is 0 Å². The molecule has 5 N–H and O–H groups in total. The fourth-order valence-electron chi connectivity index (χ4n) is 4.00. The lowest BCUT2D eigenvalue weighted by molar-refractivity contribution is 0.208. The van der Waals surface area contributed by atoms with Crippen molar-refractivity contribution < 1.29 is 0 Å². The Hall–Kier alpha value is -0.380. The van der Waals surface area contributed by atoms with Gasteiger partial charge in [-0.2, -0.15) is 0 Å². The van der Waals surface area contributed by atoms with Crippen LogP contribution in [0.3, 0.4) is 0 Å². The van der Waals surface area contributed by atoms with E-state index in [9.17, 15) is 0 Å². The molecule has 0 aliphatic heterocycles. The molecule has 0 radical (unpaired) electrons. The monoisotopic (exact) mass is 281 g/mol. The van der Waals surface area contributed by atoms with Gasteiger partial charge >= 0.3 is 0 Å². The van der Waals surface area contributed by atoms with Crippen molar-refractivity contribution in [2.75, 3.05) is 0 Å². The van der Waals surface area contributed by atoms with Gasteiger partial charge < -0.3 is 16.8 Å². The Morgan fingerprint density at radius 3 is 2.30 bits per heavy atom. The molecule has 0 saturated heterocycles. The molecule has 0 heterocycles. The molecule has 0 aromatic carbocycles. The lowest BCUT2D eigenvalue weighted by atomic mass is 9.75. The third-order valence-electron chi connectivity index (χ3n) is 4.97. The fraction of sp³-hybridized carbons (Fsp3) is 0.882. The van der Waals surface area contributed by atoms with Gasteiger partial charge in [-0.3, -0.25) is 0 Å². The van der Waals surface area contributed by atoms with E-state index in [1.54, 1.807) is 0 Å². The summed E-state index contributed by atoms with van der Waals surface area (Å²) in [4.78, 5) is 0. The van der Waals surface area contributed by atoms with Crippen molar-refractivity contribution in [3.05, 3.63) is 11.1 Å². The minimum atomic E-state index is -0.154. The van der Waals surface area contributed by atoms with Crippen LogP contribution in [0.25, 0.3) is 0 Å². The average Bonchev–Trinajstić information content (AvgIpc) is 2.32. The molecule has 1 rings (SSSR count). The molecule has 5 atom stereocenters. The van der Waals surface area contributed by atoms with E-state index in [0.29, 0.717) is 23.9 Å². The van der Waals surface area contributed by atoms with Crippen LogP contribution in [0.1, 0.15) is 61.3 Å². The van der Waals surface area contributed by atoms with Gasteiger partial charge in [0, 0.05) is 23.7 Å². The van der Waals surface area contributed by atoms with E-state index >= 15 is 0 Å². The van der Waals surface area contributed by atoms with Crippen molar-refractivity contribution in [3.63, 3.8) is 0 Å². The second-order valence-corrected chi connectivity index (χ2v) is 7.35. The topological polar surface area (TPSA) is 64.1 Å². The van der Waals surface area contributed by atoms with Gasteiger partial charge in [-0.05, 0) is 51.0 Å². The van der Waals surface area contributed by atoms with Crippen LogP contribution in [0.5, 0.6) is 0 Å². The summed E-state index contributed by atoms with van der Waals surface area (Å²) in [6, 6.07) is 0.802. The predicted octanol–water partition coefficient (Wildman–Crippen LogP) is 2.80. The molecule has 0 aromatic rings. The van der Waals surface area contributed by atoms with Gasteiger partial charge in [0.15, 0.2) is 0 Å². The van der Waals surface area contributed by atoms with Gasteiger partial charge in [-0.15, -0.1) is 0 Å². The third kappa shape index (κ3) is 3.63. The van der Waals surface area contributed by atoms with Gasteiger partial charge in [0.25, 0.3) is 0 Å². The Bertz CT molecular complexity index is 355.